The molecule has 3 rings (SSSR count). The van der Waals surface area contributed by atoms with E-state index in [2.05, 4.69) is 4.90 Å². The third-order valence-corrected chi connectivity index (χ3v) is 4.95. The molecule has 0 radical (unpaired) electrons. The van der Waals surface area contributed by atoms with Crippen LogP contribution in [-0.4, -0.2) is 54.8 Å². The van der Waals surface area contributed by atoms with Gasteiger partial charge in [0.2, 0.25) is 0 Å². The molecule has 1 amide bonds. The Hall–Kier alpha value is -2.60. The summed E-state index contributed by atoms with van der Waals surface area (Å²) in [6.45, 7) is 8.19. The van der Waals surface area contributed by atoms with Crippen LogP contribution in [0.15, 0.2) is 48.5 Å². The molecule has 0 aliphatic carbocycles. The van der Waals surface area contributed by atoms with Gasteiger partial charge in [-0.2, -0.15) is 0 Å². The van der Waals surface area contributed by atoms with Crippen molar-refractivity contribution in [1.82, 2.24) is 9.80 Å². The topological polar surface area (TPSA) is 42.0 Å². The third kappa shape index (κ3) is 5.48. The molecular formula is C23H29FN2O3. The number of amides is 1. The molecule has 0 saturated carbocycles. The molecule has 5 nitrogen and oxygen atoms in total. The summed E-state index contributed by atoms with van der Waals surface area (Å²) in [5, 5.41) is 0. The zero-order valence-electron chi connectivity index (χ0n) is 17.5. The summed E-state index contributed by atoms with van der Waals surface area (Å²) in [7, 11) is 1.64. The maximum absolute atomic E-state index is 13.5. The number of hydrogen-bond acceptors (Lipinski definition) is 4. The van der Waals surface area contributed by atoms with Gasteiger partial charge in [-0.15, -0.1) is 0 Å². The number of benzene rings is 2. The molecule has 1 aliphatic heterocycles. The first-order valence-electron chi connectivity index (χ1n) is 9.88. The van der Waals surface area contributed by atoms with E-state index in [0.717, 1.165) is 16.9 Å². The van der Waals surface area contributed by atoms with Crippen molar-refractivity contribution in [2.75, 3.05) is 33.3 Å². The number of piperazine rings is 1. The summed E-state index contributed by atoms with van der Waals surface area (Å²) in [4.78, 5) is 16.4. The van der Waals surface area contributed by atoms with Crippen LogP contribution in [0.5, 0.6) is 5.75 Å². The lowest BCUT2D eigenvalue weighted by molar-refractivity contribution is 0.0119. The number of carbonyl (C=O) groups is 1. The molecule has 1 unspecified atom stereocenters. The Morgan fingerprint density at radius 2 is 1.45 bits per heavy atom. The van der Waals surface area contributed by atoms with Crippen molar-refractivity contribution < 1.29 is 18.7 Å². The quantitative estimate of drug-likeness (QED) is 0.759. The smallest absolute Gasteiger partial charge is 0.410 e. The summed E-state index contributed by atoms with van der Waals surface area (Å²) in [5.74, 6) is 0.540. The number of halogens is 1. The van der Waals surface area contributed by atoms with Crippen LogP contribution in [0, 0.1) is 5.82 Å². The summed E-state index contributed by atoms with van der Waals surface area (Å²) < 4.78 is 24.2. The highest BCUT2D eigenvalue weighted by molar-refractivity contribution is 5.68. The Kier molecular flexibility index (Phi) is 6.42. The maximum atomic E-state index is 13.5. The van der Waals surface area contributed by atoms with E-state index < -0.39 is 5.60 Å². The van der Waals surface area contributed by atoms with Crippen LogP contribution in [-0.2, 0) is 4.74 Å². The standard InChI is InChI=1S/C23H29FN2O3/c1-23(2,3)29-22(27)26-15-13-25(14-16-26)21(17-5-9-19(24)10-6-17)18-7-11-20(28-4)12-8-18/h5-12,21H,13-16H2,1-4H3. The fourth-order valence-corrected chi connectivity index (χ4v) is 3.53. The van der Waals surface area contributed by atoms with Gasteiger partial charge in [0.05, 0.1) is 13.2 Å². The van der Waals surface area contributed by atoms with Gasteiger partial charge < -0.3 is 14.4 Å². The lowest BCUT2D eigenvalue weighted by Crippen LogP contribution is -2.51. The summed E-state index contributed by atoms with van der Waals surface area (Å²) in [6.07, 6.45) is -0.278. The van der Waals surface area contributed by atoms with E-state index in [1.54, 1.807) is 12.0 Å². The number of ether oxygens (including phenoxy) is 2. The summed E-state index contributed by atoms with van der Waals surface area (Å²) >= 11 is 0. The molecule has 1 atom stereocenters. The average Bonchev–Trinajstić information content (AvgIpc) is 2.69. The first kappa shape index (κ1) is 21.1. The van der Waals surface area contributed by atoms with Gasteiger partial charge in [0.25, 0.3) is 0 Å². The second-order valence-corrected chi connectivity index (χ2v) is 8.23. The molecule has 29 heavy (non-hydrogen) atoms. The zero-order valence-corrected chi connectivity index (χ0v) is 17.5. The van der Waals surface area contributed by atoms with Crippen LogP contribution in [0.3, 0.4) is 0 Å². The minimum Gasteiger partial charge on any atom is -0.497 e. The number of nitrogens with zero attached hydrogens (tertiary/aromatic N) is 2. The molecule has 1 heterocycles. The predicted molar refractivity (Wildman–Crippen MR) is 111 cm³/mol. The van der Waals surface area contributed by atoms with E-state index in [1.807, 2.05) is 57.2 Å². The fourth-order valence-electron chi connectivity index (χ4n) is 3.53. The Morgan fingerprint density at radius 1 is 0.931 bits per heavy atom. The molecule has 0 spiro atoms. The van der Waals surface area contributed by atoms with Gasteiger partial charge in [0, 0.05) is 26.2 Å². The van der Waals surface area contributed by atoms with Gasteiger partial charge in [0.15, 0.2) is 0 Å². The molecule has 2 aromatic rings. The number of methoxy groups -OCH3 is 1. The third-order valence-electron chi connectivity index (χ3n) is 4.95. The fraction of sp³-hybridized carbons (Fsp3) is 0.435. The maximum Gasteiger partial charge on any atom is 0.410 e. The van der Waals surface area contributed by atoms with E-state index in [4.69, 9.17) is 9.47 Å². The van der Waals surface area contributed by atoms with Crippen molar-refractivity contribution in [3.05, 3.63) is 65.5 Å². The molecule has 0 aromatic heterocycles. The van der Waals surface area contributed by atoms with Crippen LogP contribution < -0.4 is 4.74 Å². The van der Waals surface area contributed by atoms with Crippen molar-refractivity contribution in [2.24, 2.45) is 0 Å². The van der Waals surface area contributed by atoms with Crippen LogP contribution in [0.25, 0.3) is 0 Å². The number of hydrogen-bond donors (Lipinski definition) is 0. The van der Waals surface area contributed by atoms with Gasteiger partial charge in [-0.25, -0.2) is 9.18 Å². The van der Waals surface area contributed by atoms with Crippen molar-refractivity contribution in [3.63, 3.8) is 0 Å². The number of rotatable bonds is 4. The Bertz CT molecular complexity index is 808. The van der Waals surface area contributed by atoms with E-state index in [0.29, 0.717) is 26.2 Å². The Balaban J connectivity index is 1.78. The molecule has 1 aliphatic rings. The lowest BCUT2D eigenvalue weighted by Gasteiger charge is -2.40. The second kappa shape index (κ2) is 8.82. The van der Waals surface area contributed by atoms with E-state index in [-0.39, 0.29) is 18.0 Å². The SMILES string of the molecule is COc1ccc(C(c2ccc(F)cc2)N2CCN(C(=O)OC(C)(C)C)CC2)cc1. The van der Waals surface area contributed by atoms with Crippen LogP contribution >= 0.6 is 0 Å². The predicted octanol–water partition coefficient (Wildman–Crippen LogP) is 4.48. The molecular weight excluding hydrogens is 371 g/mol. The normalized spacial score (nSPS) is 16.4. The molecule has 1 fully saturated rings. The van der Waals surface area contributed by atoms with Crippen molar-refractivity contribution >= 4 is 6.09 Å². The van der Waals surface area contributed by atoms with Crippen molar-refractivity contribution in [2.45, 2.75) is 32.4 Å². The lowest BCUT2D eigenvalue weighted by atomic mass is 9.96. The van der Waals surface area contributed by atoms with Gasteiger partial charge >= 0.3 is 6.09 Å². The summed E-state index contributed by atoms with van der Waals surface area (Å²) in [6, 6.07) is 14.5. The monoisotopic (exact) mass is 400 g/mol. The van der Waals surface area contributed by atoms with E-state index in [1.165, 1.54) is 12.1 Å². The Labute approximate surface area is 172 Å². The van der Waals surface area contributed by atoms with Crippen LogP contribution in [0.2, 0.25) is 0 Å². The van der Waals surface area contributed by atoms with E-state index in [9.17, 15) is 9.18 Å². The summed E-state index contributed by atoms with van der Waals surface area (Å²) in [5.41, 5.74) is 1.61. The first-order valence-corrected chi connectivity index (χ1v) is 9.88. The van der Waals surface area contributed by atoms with Crippen molar-refractivity contribution in [1.29, 1.82) is 0 Å². The highest BCUT2D eigenvalue weighted by Crippen LogP contribution is 2.31. The molecule has 1 saturated heterocycles. The van der Waals surface area contributed by atoms with Gasteiger partial charge in [-0.1, -0.05) is 24.3 Å². The van der Waals surface area contributed by atoms with Gasteiger partial charge in [-0.3, -0.25) is 4.90 Å². The molecule has 6 heteroatoms. The highest BCUT2D eigenvalue weighted by Gasteiger charge is 2.30. The second-order valence-electron chi connectivity index (χ2n) is 8.23. The first-order chi connectivity index (χ1) is 13.8. The highest BCUT2D eigenvalue weighted by atomic mass is 19.1. The number of carbonyl (C=O) groups excluding carboxylic acids is 1. The van der Waals surface area contributed by atoms with Crippen LogP contribution in [0.1, 0.15) is 37.9 Å². The molecule has 0 bridgehead atoms. The minimum atomic E-state index is -0.506. The molecule has 2 aromatic carbocycles. The molecule has 0 N–H and O–H groups in total. The zero-order chi connectivity index (χ0) is 21.0. The largest absolute Gasteiger partial charge is 0.497 e. The average molecular weight is 400 g/mol. The molecule has 156 valence electrons. The van der Waals surface area contributed by atoms with Crippen LogP contribution in [0.4, 0.5) is 9.18 Å². The minimum absolute atomic E-state index is 0.0257. The van der Waals surface area contributed by atoms with Gasteiger partial charge in [0.1, 0.15) is 17.2 Å². The van der Waals surface area contributed by atoms with Crippen molar-refractivity contribution in [3.8, 4) is 5.75 Å². The van der Waals surface area contributed by atoms with Gasteiger partial charge in [-0.05, 0) is 56.2 Å². The Morgan fingerprint density at radius 3 is 1.93 bits per heavy atom. The van der Waals surface area contributed by atoms with E-state index >= 15 is 0 Å².